The third-order valence-electron chi connectivity index (χ3n) is 5.12. The van der Waals surface area contributed by atoms with Crippen molar-refractivity contribution in [3.63, 3.8) is 0 Å². The monoisotopic (exact) mass is 339 g/mol. The minimum absolute atomic E-state index is 0.521. The summed E-state index contributed by atoms with van der Waals surface area (Å²) < 4.78 is 5.39. The molecule has 140 valence electrons. The van der Waals surface area contributed by atoms with Crippen molar-refractivity contribution in [2.45, 2.75) is 39.7 Å². The molecule has 0 aromatic rings. The highest BCUT2D eigenvalue weighted by Gasteiger charge is 2.20. The largest absolute Gasteiger partial charge is 0.379 e. The lowest BCUT2D eigenvalue weighted by Crippen LogP contribution is -2.45. The Bertz CT molecular complexity index is 362. The number of likely N-dealkylation sites (tertiary alicyclic amines) is 1. The number of nitrogens with one attached hydrogen (secondary N) is 2. The van der Waals surface area contributed by atoms with Crippen LogP contribution in [0.1, 0.15) is 33.6 Å². The van der Waals surface area contributed by atoms with Gasteiger partial charge in [0, 0.05) is 38.8 Å². The molecule has 0 saturated carbocycles. The highest BCUT2D eigenvalue weighted by Crippen LogP contribution is 2.17. The van der Waals surface area contributed by atoms with Crippen molar-refractivity contribution in [1.29, 1.82) is 0 Å². The molecule has 0 amide bonds. The van der Waals surface area contributed by atoms with Crippen molar-refractivity contribution < 1.29 is 4.74 Å². The standard InChI is InChI=1S/C18H37N5O/c1-4-19-18(20-7-10-22-11-13-24-14-12-22)21-15-17(3)23-8-5-16(2)6-9-23/h16-17H,4-15H2,1-3H3,(H2,19,20,21). The van der Waals surface area contributed by atoms with Crippen LogP contribution in [0.25, 0.3) is 0 Å². The molecule has 2 N–H and O–H groups in total. The number of hydrogen-bond donors (Lipinski definition) is 2. The van der Waals surface area contributed by atoms with Crippen molar-refractivity contribution >= 4 is 5.96 Å². The molecule has 2 heterocycles. The maximum Gasteiger partial charge on any atom is 0.191 e. The fourth-order valence-electron chi connectivity index (χ4n) is 3.31. The lowest BCUT2D eigenvalue weighted by Gasteiger charge is -2.34. The normalized spacial score (nSPS) is 23.2. The van der Waals surface area contributed by atoms with Crippen LogP contribution in [0.2, 0.25) is 0 Å². The molecule has 1 unspecified atom stereocenters. The maximum absolute atomic E-state index is 5.39. The van der Waals surface area contributed by atoms with Crippen molar-refractivity contribution in [2.75, 3.05) is 65.6 Å². The number of nitrogens with zero attached hydrogens (tertiary/aromatic N) is 3. The zero-order chi connectivity index (χ0) is 17.2. The predicted molar refractivity (Wildman–Crippen MR) is 101 cm³/mol. The van der Waals surface area contributed by atoms with E-state index in [0.29, 0.717) is 6.04 Å². The van der Waals surface area contributed by atoms with Crippen LogP contribution in [0, 0.1) is 5.92 Å². The zero-order valence-corrected chi connectivity index (χ0v) is 15.9. The Morgan fingerprint density at radius 1 is 1.17 bits per heavy atom. The van der Waals surface area contributed by atoms with E-state index in [1.165, 1.54) is 25.9 Å². The van der Waals surface area contributed by atoms with Gasteiger partial charge in [0.1, 0.15) is 0 Å². The first-order chi connectivity index (χ1) is 11.7. The summed E-state index contributed by atoms with van der Waals surface area (Å²) >= 11 is 0. The topological polar surface area (TPSA) is 52.1 Å². The van der Waals surface area contributed by atoms with E-state index >= 15 is 0 Å². The highest BCUT2D eigenvalue weighted by atomic mass is 16.5. The molecule has 24 heavy (non-hydrogen) atoms. The number of morpholine rings is 1. The Morgan fingerprint density at radius 3 is 2.54 bits per heavy atom. The summed E-state index contributed by atoms with van der Waals surface area (Å²) in [5, 5.41) is 6.83. The van der Waals surface area contributed by atoms with E-state index in [4.69, 9.17) is 9.73 Å². The summed E-state index contributed by atoms with van der Waals surface area (Å²) in [5.41, 5.74) is 0. The Kier molecular flexibility index (Phi) is 8.84. The summed E-state index contributed by atoms with van der Waals surface area (Å²) in [5.74, 6) is 1.83. The van der Waals surface area contributed by atoms with E-state index in [2.05, 4.69) is 41.2 Å². The van der Waals surface area contributed by atoms with E-state index in [0.717, 1.165) is 64.4 Å². The summed E-state index contributed by atoms with van der Waals surface area (Å²) in [6, 6.07) is 0.521. The van der Waals surface area contributed by atoms with E-state index in [-0.39, 0.29) is 0 Å². The van der Waals surface area contributed by atoms with Gasteiger partial charge in [0.25, 0.3) is 0 Å². The quantitative estimate of drug-likeness (QED) is 0.535. The van der Waals surface area contributed by atoms with Gasteiger partial charge in [-0.15, -0.1) is 0 Å². The van der Waals surface area contributed by atoms with Gasteiger partial charge in [0.05, 0.1) is 19.8 Å². The molecule has 2 aliphatic rings. The second kappa shape index (κ2) is 10.9. The Morgan fingerprint density at radius 2 is 1.88 bits per heavy atom. The van der Waals surface area contributed by atoms with Crippen LogP contribution in [0.5, 0.6) is 0 Å². The van der Waals surface area contributed by atoms with E-state index in [9.17, 15) is 0 Å². The lowest BCUT2D eigenvalue weighted by molar-refractivity contribution is 0.0389. The number of guanidine groups is 1. The van der Waals surface area contributed by atoms with E-state index in [1.54, 1.807) is 0 Å². The average Bonchev–Trinajstić information content (AvgIpc) is 2.61. The number of ether oxygens (including phenoxy) is 1. The number of hydrogen-bond acceptors (Lipinski definition) is 4. The molecule has 2 fully saturated rings. The van der Waals surface area contributed by atoms with Crippen LogP contribution in [-0.4, -0.2) is 87.4 Å². The van der Waals surface area contributed by atoms with Crippen molar-refractivity contribution in [3.8, 4) is 0 Å². The van der Waals surface area contributed by atoms with Gasteiger partial charge in [-0.05, 0) is 45.7 Å². The first-order valence-corrected chi connectivity index (χ1v) is 9.75. The lowest BCUT2D eigenvalue weighted by atomic mass is 9.98. The molecule has 0 spiro atoms. The molecule has 0 radical (unpaired) electrons. The second-order valence-corrected chi connectivity index (χ2v) is 7.17. The molecule has 2 rings (SSSR count). The van der Waals surface area contributed by atoms with Crippen LogP contribution < -0.4 is 10.6 Å². The van der Waals surface area contributed by atoms with Crippen LogP contribution in [0.4, 0.5) is 0 Å². The third kappa shape index (κ3) is 6.95. The van der Waals surface area contributed by atoms with Gasteiger partial charge in [0.2, 0.25) is 0 Å². The fraction of sp³-hybridized carbons (Fsp3) is 0.944. The minimum Gasteiger partial charge on any atom is -0.379 e. The zero-order valence-electron chi connectivity index (χ0n) is 15.9. The summed E-state index contributed by atoms with van der Waals surface area (Å²) in [7, 11) is 0. The SMILES string of the molecule is CCNC(=NCC(C)N1CCC(C)CC1)NCCN1CCOCC1. The van der Waals surface area contributed by atoms with Crippen LogP contribution in [0.3, 0.4) is 0 Å². The number of aliphatic imine (C=N–C) groups is 1. The van der Waals surface area contributed by atoms with E-state index < -0.39 is 0 Å². The van der Waals surface area contributed by atoms with Gasteiger partial charge in [-0.25, -0.2) is 0 Å². The van der Waals surface area contributed by atoms with Crippen molar-refractivity contribution in [1.82, 2.24) is 20.4 Å². The molecule has 1 atom stereocenters. The molecule has 0 bridgehead atoms. The summed E-state index contributed by atoms with van der Waals surface area (Å²) in [6.45, 7) is 16.8. The molecule has 0 aromatic carbocycles. The predicted octanol–water partition coefficient (Wildman–Crippen LogP) is 0.994. The fourth-order valence-corrected chi connectivity index (χ4v) is 3.31. The first kappa shape index (κ1) is 19.5. The number of piperidine rings is 1. The Hall–Kier alpha value is -0.850. The molecule has 0 aliphatic carbocycles. The molecule has 6 nitrogen and oxygen atoms in total. The van der Waals surface area contributed by atoms with Gasteiger partial charge in [0.15, 0.2) is 5.96 Å². The van der Waals surface area contributed by atoms with Crippen LogP contribution in [0.15, 0.2) is 4.99 Å². The van der Waals surface area contributed by atoms with Crippen molar-refractivity contribution in [3.05, 3.63) is 0 Å². The van der Waals surface area contributed by atoms with Crippen molar-refractivity contribution in [2.24, 2.45) is 10.9 Å². The molecular weight excluding hydrogens is 302 g/mol. The molecule has 2 aliphatic heterocycles. The minimum atomic E-state index is 0.521. The number of rotatable bonds is 7. The summed E-state index contributed by atoms with van der Waals surface area (Å²) in [4.78, 5) is 9.83. The second-order valence-electron chi connectivity index (χ2n) is 7.17. The van der Waals surface area contributed by atoms with Gasteiger partial charge in [-0.1, -0.05) is 6.92 Å². The highest BCUT2D eigenvalue weighted by molar-refractivity contribution is 5.79. The van der Waals surface area contributed by atoms with Gasteiger partial charge >= 0.3 is 0 Å². The Balaban J connectivity index is 1.70. The maximum atomic E-state index is 5.39. The first-order valence-electron chi connectivity index (χ1n) is 9.75. The molecular formula is C18H37N5O. The summed E-state index contributed by atoms with van der Waals surface area (Å²) in [6.07, 6.45) is 2.65. The average molecular weight is 340 g/mol. The Labute approximate surface area is 148 Å². The van der Waals surface area contributed by atoms with Crippen LogP contribution in [-0.2, 0) is 4.74 Å². The van der Waals surface area contributed by atoms with Gasteiger partial charge in [-0.2, -0.15) is 0 Å². The smallest absolute Gasteiger partial charge is 0.191 e. The van der Waals surface area contributed by atoms with Gasteiger partial charge < -0.3 is 15.4 Å². The third-order valence-corrected chi connectivity index (χ3v) is 5.12. The van der Waals surface area contributed by atoms with Crippen LogP contribution >= 0.6 is 0 Å². The molecule has 6 heteroatoms. The van der Waals surface area contributed by atoms with E-state index in [1.807, 2.05) is 0 Å². The molecule has 0 aromatic heterocycles. The molecule has 2 saturated heterocycles. The van der Waals surface area contributed by atoms with Gasteiger partial charge in [-0.3, -0.25) is 14.8 Å².